The van der Waals surface area contributed by atoms with Gasteiger partial charge in [-0.1, -0.05) is 41.9 Å². The normalized spacial score (nSPS) is 20.9. The highest BCUT2D eigenvalue weighted by atomic mass is 35.5. The van der Waals surface area contributed by atoms with Crippen molar-refractivity contribution >= 4 is 17.6 Å². The number of benzene rings is 2. The van der Waals surface area contributed by atoms with Gasteiger partial charge < -0.3 is 15.1 Å². The van der Waals surface area contributed by atoms with Crippen molar-refractivity contribution in [2.75, 3.05) is 26.2 Å². The zero-order chi connectivity index (χ0) is 20.9. The van der Waals surface area contributed by atoms with Crippen molar-refractivity contribution in [2.24, 2.45) is 5.92 Å². The Morgan fingerprint density at radius 1 is 1.03 bits per heavy atom. The summed E-state index contributed by atoms with van der Waals surface area (Å²) in [7, 11) is 0. The molecular formula is C24H29ClFN3O. The summed E-state index contributed by atoms with van der Waals surface area (Å²) < 4.78 is 13.5. The highest BCUT2D eigenvalue weighted by Crippen LogP contribution is 2.26. The fourth-order valence-corrected chi connectivity index (χ4v) is 4.73. The number of hydrogen-bond donors (Lipinski definition) is 1. The van der Waals surface area contributed by atoms with Crippen molar-refractivity contribution < 1.29 is 9.18 Å². The highest BCUT2D eigenvalue weighted by molar-refractivity contribution is 6.31. The Hall–Kier alpha value is -2.11. The van der Waals surface area contributed by atoms with Crippen LogP contribution in [0.15, 0.2) is 48.5 Å². The van der Waals surface area contributed by atoms with Gasteiger partial charge in [0, 0.05) is 30.7 Å². The number of carbonyl (C=O) groups is 1. The van der Waals surface area contributed by atoms with Crippen molar-refractivity contribution in [3.63, 3.8) is 0 Å². The number of carbonyl (C=O) groups excluding carboxylic acids is 1. The Morgan fingerprint density at radius 3 is 2.53 bits per heavy atom. The van der Waals surface area contributed by atoms with E-state index in [9.17, 15) is 9.18 Å². The molecule has 0 spiro atoms. The number of amides is 2. The molecule has 30 heavy (non-hydrogen) atoms. The third-order valence-corrected chi connectivity index (χ3v) is 6.65. The molecule has 2 aliphatic heterocycles. The molecule has 2 aliphatic rings. The molecule has 1 unspecified atom stereocenters. The molecule has 4 rings (SSSR count). The molecule has 6 heteroatoms. The average molecular weight is 430 g/mol. The summed E-state index contributed by atoms with van der Waals surface area (Å²) in [6.45, 7) is 4.38. The molecule has 0 aromatic heterocycles. The summed E-state index contributed by atoms with van der Waals surface area (Å²) in [6, 6.07) is 15.0. The summed E-state index contributed by atoms with van der Waals surface area (Å²) >= 11 is 6.23. The van der Waals surface area contributed by atoms with Gasteiger partial charge in [-0.2, -0.15) is 0 Å². The van der Waals surface area contributed by atoms with Gasteiger partial charge >= 0.3 is 6.03 Å². The second kappa shape index (κ2) is 9.80. The van der Waals surface area contributed by atoms with Crippen LogP contribution in [0.5, 0.6) is 0 Å². The average Bonchev–Trinajstić information content (AvgIpc) is 2.75. The van der Waals surface area contributed by atoms with Gasteiger partial charge in [0.15, 0.2) is 0 Å². The minimum atomic E-state index is -0.221. The second-order valence-corrected chi connectivity index (χ2v) is 8.93. The van der Waals surface area contributed by atoms with E-state index < -0.39 is 0 Å². The van der Waals surface area contributed by atoms with Crippen LogP contribution in [0.1, 0.15) is 30.4 Å². The van der Waals surface area contributed by atoms with Crippen molar-refractivity contribution in [3.05, 3.63) is 70.5 Å². The summed E-state index contributed by atoms with van der Waals surface area (Å²) in [4.78, 5) is 16.9. The van der Waals surface area contributed by atoms with Crippen LogP contribution in [0.4, 0.5) is 9.18 Å². The van der Waals surface area contributed by atoms with Crippen LogP contribution in [0, 0.1) is 11.7 Å². The molecule has 0 saturated carbocycles. The first-order chi connectivity index (χ1) is 14.6. The quantitative estimate of drug-likeness (QED) is 0.721. The molecule has 1 N–H and O–H groups in total. The molecular weight excluding hydrogens is 401 g/mol. The van der Waals surface area contributed by atoms with Gasteiger partial charge in [-0.25, -0.2) is 9.18 Å². The number of likely N-dealkylation sites (tertiary alicyclic amines) is 1. The van der Waals surface area contributed by atoms with Crippen LogP contribution >= 0.6 is 11.6 Å². The molecule has 2 heterocycles. The molecule has 0 aliphatic carbocycles. The number of nitrogens with one attached hydrogen (secondary N) is 1. The molecule has 2 saturated heterocycles. The maximum Gasteiger partial charge on any atom is 0.317 e. The Bertz CT molecular complexity index is 855. The van der Waals surface area contributed by atoms with E-state index in [2.05, 4.69) is 22.3 Å². The van der Waals surface area contributed by atoms with Crippen molar-refractivity contribution in [2.45, 2.75) is 38.3 Å². The molecule has 2 aromatic rings. The first kappa shape index (κ1) is 21.1. The molecule has 0 radical (unpaired) electrons. The van der Waals surface area contributed by atoms with E-state index in [1.807, 2.05) is 23.1 Å². The number of urea groups is 1. The van der Waals surface area contributed by atoms with Crippen molar-refractivity contribution in [1.82, 2.24) is 15.1 Å². The third-order valence-electron chi connectivity index (χ3n) is 6.28. The molecule has 2 amide bonds. The zero-order valence-corrected chi connectivity index (χ0v) is 18.0. The summed E-state index contributed by atoms with van der Waals surface area (Å²) in [5, 5.41) is 3.84. The number of hydrogen-bond acceptors (Lipinski definition) is 2. The number of rotatable bonds is 6. The topological polar surface area (TPSA) is 35.6 Å². The third kappa shape index (κ3) is 5.52. The lowest BCUT2D eigenvalue weighted by molar-refractivity contribution is 0.136. The smallest absolute Gasteiger partial charge is 0.317 e. The van der Waals surface area contributed by atoms with E-state index in [1.54, 1.807) is 12.1 Å². The molecule has 0 bridgehead atoms. The fraction of sp³-hybridized carbons (Fsp3) is 0.458. The predicted octanol–water partition coefficient (Wildman–Crippen LogP) is 4.72. The fourth-order valence-electron chi connectivity index (χ4n) is 4.54. The highest BCUT2D eigenvalue weighted by Gasteiger charge is 2.28. The van der Waals surface area contributed by atoms with Gasteiger partial charge in [-0.15, -0.1) is 0 Å². The minimum Gasteiger partial charge on any atom is -0.334 e. The molecule has 160 valence electrons. The van der Waals surface area contributed by atoms with Crippen LogP contribution in [0.3, 0.4) is 0 Å². The van der Waals surface area contributed by atoms with Crippen molar-refractivity contribution in [3.8, 4) is 0 Å². The summed E-state index contributed by atoms with van der Waals surface area (Å²) in [5.74, 6) is 0.309. The maximum absolute atomic E-state index is 13.5. The molecule has 4 nitrogen and oxygen atoms in total. The first-order valence-corrected chi connectivity index (χ1v) is 11.2. The zero-order valence-electron chi connectivity index (χ0n) is 17.2. The molecule has 2 aromatic carbocycles. The SMILES string of the molecule is O=C1NC(CN2CCC(Cc3cc(F)ccc3Cl)CC2)CCN1Cc1ccccc1. The lowest BCUT2D eigenvalue weighted by Crippen LogP contribution is -2.55. The van der Waals surface area contributed by atoms with Gasteiger partial charge in [0.1, 0.15) is 5.82 Å². The molecule has 1 atom stereocenters. The number of halogens is 2. The Balaban J connectivity index is 1.21. The first-order valence-electron chi connectivity index (χ1n) is 10.8. The second-order valence-electron chi connectivity index (χ2n) is 8.53. The minimum absolute atomic E-state index is 0.0331. The van der Waals surface area contributed by atoms with Crippen molar-refractivity contribution in [1.29, 1.82) is 0 Å². The van der Waals surface area contributed by atoms with Crippen LogP contribution in [-0.4, -0.2) is 48.1 Å². The van der Waals surface area contributed by atoms with Crippen LogP contribution in [0.25, 0.3) is 0 Å². The van der Waals surface area contributed by atoms with Gasteiger partial charge in [-0.05, 0) is 74.0 Å². The van der Waals surface area contributed by atoms with Gasteiger partial charge in [0.2, 0.25) is 0 Å². The summed E-state index contributed by atoms with van der Waals surface area (Å²) in [5.41, 5.74) is 2.07. The lowest BCUT2D eigenvalue weighted by atomic mass is 9.90. The van der Waals surface area contributed by atoms with Crippen LogP contribution < -0.4 is 5.32 Å². The van der Waals surface area contributed by atoms with Gasteiger partial charge in [-0.3, -0.25) is 0 Å². The van der Waals surface area contributed by atoms with E-state index in [-0.39, 0.29) is 17.9 Å². The number of piperidine rings is 1. The Morgan fingerprint density at radius 2 is 1.80 bits per heavy atom. The van der Waals surface area contributed by atoms with Gasteiger partial charge in [0.05, 0.1) is 0 Å². The molecule has 2 fully saturated rings. The van der Waals surface area contributed by atoms with E-state index in [0.29, 0.717) is 17.5 Å². The maximum atomic E-state index is 13.5. The summed E-state index contributed by atoms with van der Waals surface area (Å²) in [6.07, 6.45) is 3.96. The van der Waals surface area contributed by atoms with Gasteiger partial charge in [0.25, 0.3) is 0 Å². The monoisotopic (exact) mass is 429 g/mol. The van der Waals surface area contributed by atoms with Crippen LogP contribution in [0.2, 0.25) is 5.02 Å². The van der Waals surface area contributed by atoms with E-state index >= 15 is 0 Å². The Labute approximate surface area is 183 Å². The lowest BCUT2D eigenvalue weighted by Gasteiger charge is -2.38. The van der Waals surface area contributed by atoms with E-state index in [0.717, 1.165) is 63.0 Å². The van der Waals surface area contributed by atoms with E-state index in [1.165, 1.54) is 6.07 Å². The standard InChI is InChI=1S/C24H29ClFN3O/c25-23-7-6-21(26)15-20(23)14-18-8-11-28(12-9-18)17-22-10-13-29(24(30)27-22)16-19-4-2-1-3-5-19/h1-7,15,18,22H,8-14,16-17H2,(H,27,30). The largest absolute Gasteiger partial charge is 0.334 e. The number of nitrogens with zero attached hydrogens (tertiary/aromatic N) is 2. The van der Waals surface area contributed by atoms with E-state index in [4.69, 9.17) is 11.6 Å². The van der Waals surface area contributed by atoms with Crippen LogP contribution in [-0.2, 0) is 13.0 Å². The predicted molar refractivity (Wildman–Crippen MR) is 118 cm³/mol. The Kier molecular flexibility index (Phi) is 6.90.